The molecule has 0 heterocycles. The number of hydrogen-bond acceptors (Lipinski definition) is 2. The lowest BCUT2D eigenvalue weighted by Gasteiger charge is -2.01. The lowest BCUT2D eigenvalue weighted by molar-refractivity contribution is 0.264. The minimum absolute atomic E-state index is 0.317. The molecule has 1 aromatic rings. The van der Waals surface area contributed by atoms with Crippen molar-refractivity contribution < 1.29 is 9.18 Å². The molecule has 70 valence electrons. The fraction of sp³-hybridized carbons (Fsp3) is 0. The van der Waals surface area contributed by atoms with E-state index in [1.807, 2.05) is 0 Å². The summed E-state index contributed by atoms with van der Waals surface area (Å²) < 4.78 is 15.9. The van der Waals surface area contributed by atoms with E-state index in [1.54, 1.807) is 6.07 Å². The zero-order valence-corrected chi connectivity index (χ0v) is 9.34. The molecule has 1 amide bonds. The van der Waals surface area contributed by atoms with Crippen molar-refractivity contribution in [2.45, 2.75) is 4.90 Å². The van der Waals surface area contributed by atoms with Crippen LogP contribution in [0.25, 0.3) is 0 Å². The van der Waals surface area contributed by atoms with Crippen molar-refractivity contribution >= 4 is 44.8 Å². The number of amides is 1. The van der Waals surface area contributed by atoms with Gasteiger partial charge in [0, 0.05) is 4.47 Å². The van der Waals surface area contributed by atoms with Crippen molar-refractivity contribution in [3.63, 3.8) is 0 Å². The Morgan fingerprint density at radius 2 is 2.31 bits per heavy atom. The Hall–Kier alpha value is -0.260. The van der Waals surface area contributed by atoms with E-state index in [4.69, 9.17) is 11.6 Å². The largest absolute Gasteiger partial charge is 0.323 e. The summed E-state index contributed by atoms with van der Waals surface area (Å²) in [6.07, 6.45) is 0. The Morgan fingerprint density at radius 1 is 1.62 bits per heavy atom. The fourth-order valence-corrected chi connectivity index (χ4v) is 1.58. The Bertz CT molecular complexity index is 336. The molecule has 0 aromatic heterocycles. The summed E-state index contributed by atoms with van der Waals surface area (Å²) in [6.45, 7) is 0. The molecule has 0 spiro atoms. The molecule has 0 bridgehead atoms. The summed E-state index contributed by atoms with van der Waals surface area (Å²) in [5.41, 5.74) is 0. The summed E-state index contributed by atoms with van der Waals surface area (Å²) in [7, 11) is 0. The zero-order chi connectivity index (χ0) is 9.84. The average molecular weight is 285 g/mol. The van der Waals surface area contributed by atoms with Crippen LogP contribution < -0.4 is 4.72 Å². The first-order chi connectivity index (χ1) is 6.09. The van der Waals surface area contributed by atoms with Crippen molar-refractivity contribution in [1.82, 2.24) is 4.72 Å². The van der Waals surface area contributed by atoms with Crippen LogP contribution in [0, 0.1) is 5.82 Å². The number of halogens is 3. The van der Waals surface area contributed by atoms with Crippen LogP contribution in [0.15, 0.2) is 27.6 Å². The van der Waals surface area contributed by atoms with E-state index >= 15 is 0 Å². The third kappa shape index (κ3) is 3.54. The molecule has 2 nitrogen and oxygen atoms in total. The van der Waals surface area contributed by atoms with Gasteiger partial charge in [0.15, 0.2) is 0 Å². The van der Waals surface area contributed by atoms with Gasteiger partial charge in [0.05, 0.1) is 4.90 Å². The fourth-order valence-electron chi connectivity index (χ4n) is 0.653. The number of nitrogens with one attached hydrogen (secondary N) is 1. The smallest absolute Gasteiger partial charge is 0.282 e. The van der Waals surface area contributed by atoms with E-state index in [0.717, 1.165) is 11.9 Å². The third-order valence-corrected chi connectivity index (χ3v) is 2.67. The Kier molecular flexibility index (Phi) is 4.02. The molecular formula is C7H4BrClFNOS. The summed E-state index contributed by atoms with van der Waals surface area (Å²) >= 11 is 8.96. The Labute approximate surface area is 92.1 Å². The van der Waals surface area contributed by atoms with Gasteiger partial charge in [0.1, 0.15) is 5.82 Å². The molecule has 0 saturated carbocycles. The van der Waals surface area contributed by atoms with Crippen LogP contribution in [0.2, 0.25) is 0 Å². The standard InChI is InChI=1S/C7H4BrClFNOS/c8-4-1-2-6(5(10)3-4)13-11-7(9)12/h1-3H,(H,11,12). The average Bonchev–Trinajstić information content (AvgIpc) is 2.02. The van der Waals surface area contributed by atoms with Crippen LogP contribution in [-0.4, -0.2) is 5.37 Å². The van der Waals surface area contributed by atoms with Gasteiger partial charge in [0.25, 0.3) is 0 Å². The quantitative estimate of drug-likeness (QED) is 0.511. The minimum Gasteiger partial charge on any atom is -0.282 e. The number of carbonyl (C=O) groups is 1. The van der Waals surface area contributed by atoms with E-state index in [9.17, 15) is 9.18 Å². The summed E-state index contributed by atoms with van der Waals surface area (Å²) in [4.78, 5) is 10.6. The van der Waals surface area contributed by atoms with Crippen molar-refractivity contribution in [2.75, 3.05) is 0 Å². The molecule has 0 saturated heterocycles. The maximum absolute atomic E-state index is 13.1. The highest BCUT2D eigenvalue weighted by Crippen LogP contribution is 2.22. The van der Waals surface area contributed by atoms with E-state index in [0.29, 0.717) is 9.37 Å². The number of hydrogen-bond donors (Lipinski definition) is 1. The van der Waals surface area contributed by atoms with Crippen molar-refractivity contribution in [3.8, 4) is 0 Å². The molecule has 0 aliphatic rings. The normalized spacial score (nSPS) is 9.77. The van der Waals surface area contributed by atoms with Crippen LogP contribution in [0.4, 0.5) is 9.18 Å². The molecule has 0 unspecified atom stereocenters. The van der Waals surface area contributed by atoms with Crippen LogP contribution in [-0.2, 0) is 0 Å². The van der Waals surface area contributed by atoms with Gasteiger partial charge < -0.3 is 0 Å². The molecule has 6 heteroatoms. The minimum atomic E-state index is -0.729. The van der Waals surface area contributed by atoms with Crippen LogP contribution in [0.1, 0.15) is 0 Å². The molecule has 1 N–H and O–H groups in total. The monoisotopic (exact) mass is 283 g/mol. The molecule has 0 radical (unpaired) electrons. The van der Waals surface area contributed by atoms with Crippen LogP contribution >= 0.6 is 39.5 Å². The van der Waals surface area contributed by atoms with E-state index in [-0.39, 0.29) is 0 Å². The van der Waals surface area contributed by atoms with Gasteiger partial charge in [-0.25, -0.2) is 4.39 Å². The predicted octanol–water partition coefficient (Wildman–Crippen LogP) is 3.54. The maximum Gasteiger partial charge on any atom is 0.323 e. The number of benzene rings is 1. The van der Waals surface area contributed by atoms with E-state index in [1.165, 1.54) is 12.1 Å². The topological polar surface area (TPSA) is 29.1 Å². The lowest BCUT2D eigenvalue weighted by atomic mass is 10.3. The van der Waals surface area contributed by atoms with Crippen LogP contribution in [0.5, 0.6) is 0 Å². The predicted molar refractivity (Wildman–Crippen MR) is 54.3 cm³/mol. The number of carbonyl (C=O) groups excluding carboxylic acids is 1. The van der Waals surface area contributed by atoms with Gasteiger partial charge in [0.2, 0.25) is 0 Å². The molecule has 0 fully saturated rings. The first-order valence-corrected chi connectivity index (χ1v) is 5.15. The molecule has 0 atom stereocenters. The maximum atomic E-state index is 13.1. The molecule has 0 aliphatic carbocycles. The SMILES string of the molecule is O=C(Cl)NSc1ccc(Br)cc1F. The molecular weight excluding hydrogens is 281 g/mol. The lowest BCUT2D eigenvalue weighted by Crippen LogP contribution is -2.05. The third-order valence-electron chi connectivity index (χ3n) is 1.14. The second-order valence-electron chi connectivity index (χ2n) is 2.05. The van der Waals surface area contributed by atoms with Gasteiger partial charge in [-0.2, -0.15) is 0 Å². The van der Waals surface area contributed by atoms with Gasteiger partial charge in [-0.15, -0.1) is 0 Å². The molecule has 1 rings (SSSR count). The number of rotatable bonds is 2. The Morgan fingerprint density at radius 3 is 2.85 bits per heavy atom. The van der Waals surface area contributed by atoms with Crippen molar-refractivity contribution in [3.05, 3.63) is 28.5 Å². The first kappa shape index (κ1) is 10.8. The summed E-state index contributed by atoms with van der Waals surface area (Å²) in [5.74, 6) is -0.412. The second-order valence-corrected chi connectivity index (χ2v) is 4.16. The van der Waals surface area contributed by atoms with Gasteiger partial charge in [-0.1, -0.05) is 15.9 Å². The highest BCUT2D eigenvalue weighted by molar-refractivity contribution is 9.10. The summed E-state index contributed by atoms with van der Waals surface area (Å²) in [6, 6.07) is 4.52. The van der Waals surface area contributed by atoms with Gasteiger partial charge in [-0.3, -0.25) is 9.52 Å². The summed E-state index contributed by atoms with van der Waals surface area (Å²) in [5, 5.41) is -0.729. The van der Waals surface area contributed by atoms with Gasteiger partial charge >= 0.3 is 5.37 Å². The first-order valence-electron chi connectivity index (χ1n) is 3.17. The molecule has 13 heavy (non-hydrogen) atoms. The van der Waals surface area contributed by atoms with E-state index in [2.05, 4.69) is 20.7 Å². The van der Waals surface area contributed by atoms with Crippen molar-refractivity contribution in [1.29, 1.82) is 0 Å². The van der Waals surface area contributed by atoms with Crippen LogP contribution in [0.3, 0.4) is 0 Å². The Balaban J connectivity index is 2.72. The van der Waals surface area contributed by atoms with E-state index < -0.39 is 11.2 Å². The zero-order valence-electron chi connectivity index (χ0n) is 6.18. The van der Waals surface area contributed by atoms with Gasteiger partial charge in [-0.05, 0) is 41.7 Å². The highest BCUT2D eigenvalue weighted by Gasteiger charge is 2.04. The van der Waals surface area contributed by atoms with Crippen molar-refractivity contribution in [2.24, 2.45) is 0 Å². The second kappa shape index (κ2) is 4.83. The molecule has 1 aromatic carbocycles. The molecule has 0 aliphatic heterocycles. The highest BCUT2D eigenvalue weighted by atomic mass is 79.9.